The topological polar surface area (TPSA) is 26.3 Å². The van der Waals surface area contributed by atoms with Gasteiger partial charge in [0.2, 0.25) is 0 Å². The highest BCUT2D eigenvalue weighted by Gasteiger charge is 2.13. The highest BCUT2D eigenvalue weighted by atomic mass is 35.5. The van der Waals surface area contributed by atoms with Crippen LogP contribution in [0.2, 0.25) is 10.0 Å². The van der Waals surface area contributed by atoms with E-state index in [0.717, 1.165) is 16.7 Å². The number of hydrogen-bond acceptors (Lipinski definition) is 2. The average molecular weight is 372 g/mol. The molecule has 0 bridgehead atoms. The number of halogens is 2. The first-order chi connectivity index (χ1) is 12.0. The third kappa shape index (κ3) is 4.75. The first-order valence-corrected chi connectivity index (χ1v) is 8.69. The van der Waals surface area contributed by atoms with Gasteiger partial charge in [0.05, 0.1) is 5.02 Å². The van der Waals surface area contributed by atoms with Crippen molar-refractivity contribution < 1.29 is 9.53 Å². The van der Waals surface area contributed by atoms with E-state index in [2.05, 4.69) is 6.92 Å². The van der Waals surface area contributed by atoms with Crippen LogP contribution >= 0.6 is 23.2 Å². The van der Waals surface area contributed by atoms with Gasteiger partial charge in [-0.3, -0.25) is 4.79 Å². The number of carbonyl (C=O) groups is 1. The second-order valence-electron chi connectivity index (χ2n) is 5.94. The molecule has 2 aromatic rings. The molecule has 3 rings (SSSR count). The summed E-state index contributed by atoms with van der Waals surface area (Å²) in [6, 6.07) is 13.1. The molecule has 1 aliphatic rings. The second-order valence-corrected chi connectivity index (χ2v) is 6.78. The molecule has 0 aromatic heterocycles. The molecule has 25 heavy (non-hydrogen) atoms. The largest absolute Gasteiger partial charge is 0.487 e. The molecule has 1 radical (unpaired) electrons. The van der Waals surface area contributed by atoms with E-state index in [9.17, 15) is 4.79 Å². The van der Waals surface area contributed by atoms with E-state index >= 15 is 0 Å². The van der Waals surface area contributed by atoms with Crippen LogP contribution < -0.4 is 4.74 Å². The molecular weight excluding hydrogens is 355 g/mol. The highest BCUT2D eigenvalue weighted by molar-refractivity contribution is 6.34. The summed E-state index contributed by atoms with van der Waals surface area (Å²) >= 11 is 12.1. The third-order valence-electron chi connectivity index (χ3n) is 3.90. The lowest BCUT2D eigenvalue weighted by Crippen LogP contribution is -2.09. The molecule has 1 atom stereocenters. The van der Waals surface area contributed by atoms with E-state index in [0.29, 0.717) is 28.8 Å². The van der Waals surface area contributed by atoms with Crippen LogP contribution in [0.25, 0.3) is 0 Å². The summed E-state index contributed by atoms with van der Waals surface area (Å²) in [7, 11) is 0. The fraction of sp³-hybridized carbons (Fsp3) is 0.143. The van der Waals surface area contributed by atoms with Gasteiger partial charge in [-0.1, -0.05) is 59.6 Å². The molecule has 127 valence electrons. The molecule has 0 amide bonds. The van der Waals surface area contributed by atoms with E-state index in [1.807, 2.05) is 36.4 Å². The van der Waals surface area contributed by atoms with Gasteiger partial charge in [0.25, 0.3) is 0 Å². The maximum atomic E-state index is 12.0. The Labute approximate surface area is 157 Å². The van der Waals surface area contributed by atoms with Crippen LogP contribution in [-0.2, 0) is 17.8 Å². The van der Waals surface area contributed by atoms with E-state index in [-0.39, 0.29) is 11.7 Å². The monoisotopic (exact) mass is 371 g/mol. The molecule has 0 N–H and O–H groups in total. The molecule has 2 nitrogen and oxygen atoms in total. The van der Waals surface area contributed by atoms with Gasteiger partial charge >= 0.3 is 0 Å². The molecule has 1 unspecified atom stereocenters. The fourth-order valence-electron chi connectivity index (χ4n) is 2.66. The molecule has 0 heterocycles. The Morgan fingerprint density at radius 3 is 2.72 bits per heavy atom. The number of rotatable bonds is 5. The molecule has 0 spiro atoms. The lowest BCUT2D eigenvalue weighted by Gasteiger charge is -2.13. The summed E-state index contributed by atoms with van der Waals surface area (Å²) in [5.41, 5.74) is 2.83. The minimum atomic E-state index is 0.0455. The van der Waals surface area contributed by atoms with E-state index < -0.39 is 0 Å². The van der Waals surface area contributed by atoms with Gasteiger partial charge in [-0.25, -0.2) is 0 Å². The number of ketones is 1. The van der Waals surface area contributed by atoms with Gasteiger partial charge in [0.15, 0.2) is 5.78 Å². The lowest BCUT2D eigenvalue weighted by atomic mass is 9.92. The van der Waals surface area contributed by atoms with Crippen LogP contribution in [0.1, 0.15) is 11.1 Å². The maximum absolute atomic E-state index is 12.0. The van der Waals surface area contributed by atoms with Crippen molar-refractivity contribution in [3.8, 4) is 5.75 Å². The SMILES string of the molecule is [CH2]C1C=CC(=O)C(Cc2cccc(COc3cc(Cl)ccc3Cl)c2)=C1. The summed E-state index contributed by atoms with van der Waals surface area (Å²) < 4.78 is 5.77. The van der Waals surface area contributed by atoms with E-state index in [4.69, 9.17) is 27.9 Å². The number of allylic oxidation sites excluding steroid dienone is 4. The summed E-state index contributed by atoms with van der Waals surface area (Å²) in [4.78, 5) is 12.0. The number of carbonyl (C=O) groups excluding carboxylic acids is 1. The molecule has 0 saturated carbocycles. The van der Waals surface area contributed by atoms with Crippen molar-refractivity contribution in [2.45, 2.75) is 13.0 Å². The highest BCUT2D eigenvalue weighted by Crippen LogP contribution is 2.28. The molecule has 2 aromatic carbocycles. The molecule has 0 aliphatic heterocycles. The van der Waals surface area contributed by atoms with Crippen molar-refractivity contribution in [2.24, 2.45) is 5.92 Å². The minimum Gasteiger partial charge on any atom is -0.487 e. The Balaban J connectivity index is 1.69. The van der Waals surface area contributed by atoms with Gasteiger partial charge in [-0.05, 0) is 42.2 Å². The predicted octanol–water partition coefficient (Wildman–Crippen LogP) is 5.63. The Morgan fingerprint density at radius 1 is 1.08 bits per heavy atom. The summed E-state index contributed by atoms with van der Waals surface area (Å²) in [5.74, 6) is 0.645. The number of ether oxygens (including phenoxy) is 1. The van der Waals surface area contributed by atoms with Crippen molar-refractivity contribution in [1.82, 2.24) is 0 Å². The smallest absolute Gasteiger partial charge is 0.181 e. The Bertz CT molecular complexity index is 853. The zero-order valence-corrected chi connectivity index (χ0v) is 15.1. The maximum Gasteiger partial charge on any atom is 0.181 e. The van der Waals surface area contributed by atoms with Crippen LogP contribution in [0, 0.1) is 12.8 Å². The average Bonchev–Trinajstić information content (AvgIpc) is 2.59. The third-order valence-corrected chi connectivity index (χ3v) is 4.45. The molecule has 4 heteroatoms. The van der Waals surface area contributed by atoms with E-state index in [1.54, 1.807) is 24.3 Å². The first kappa shape index (κ1) is 17.8. The fourth-order valence-corrected chi connectivity index (χ4v) is 2.99. The number of hydrogen-bond donors (Lipinski definition) is 0. The zero-order chi connectivity index (χ0) is 17.8. The van der Waals surface area contributed by atoms with Crippen LogP contribution in [0.4, 0.5) is 0 Å². The van der Waals surface area contributed by atoms with Crippen LogP contribution in [0.15, 0.2) is 66.3 Å². The van der Waals surface area contributed by atoms with Gasteiger partial charge < -0.3 is 4.74 Å². The minimum absolute atomic E-state index is 0.0455. The summed E-state index contributed by atoms with van der Waals surface area (Å²) in [5, 5.41) is 1.10. The molecule has 1 aliphatic carbocycles. The predicted molar refractivity (Wildman–Crippen MR) is 102 cm³/mol. The zero-order valence-electron chi connectivity index (χ0n) is 13.5. The first-order valence-electron chi connectivity index (χ1n) is 7.93. The van der Waals surface area contributed by atoms with Gasteiger partial charge in [-0.2, -0.15) is 0 Å². The van der Waals surface area contributed by atoms with Crippen LogP contribution in [0.5, 0.6) is 5.75 Å². The molecule has 0 saturated heterocycles. The second kappa shape index (κ2) is 7.90. The van der Waals surface area contributed by atoms with Crippen molar-refractivity contribution >= 4 is 29.0 Å². The van der Waals surface area contributed by atoms with Gasteiger partial charge in [0, 0.05) is 23.1 Å². The summed E-state index contributed by atoms with van der Waals surface area (Å²) in [6.07, 6.45) is 5.91. The number of benzene rings is 2. The molecular formula is C21H17Cl2O2. The van der Waals surface area contributed by atoms with Crippen molar-refractivity contribution in [2.75, 3.05) is 0 Å². The van der Waals surface area contributed by atoms with Crippen molar-refractivity contribution in [3.63, 3.8) is 0 Å². The van der Waals surface area contributed by atoms with Crippen molar-refractivity contribution in [1.29, 1.82) is 0 Å². The Morgan fingerprint density at radius 2 is 1.88 bits per heavy atom. The Kier molecular flexibility index (Phi) is 5.62. The molecule has 0 fully saturated rings. The normalized spacial score (nSPS) is 16.7. The van der Waals surface area contributed by atoms with Gasteiger partial charge in [-0.15, -0.1) is 0 Å². The van der Waals surface area contributed by atoms with Gasteiger partial charge in [0.1, 0.15) is 12.4 Å². The Hall–Kier alpha value is -2.03. The standard InChI is InChI=1S/C21H17Cl2O2/c1-14-5-8-20(24)17(9-14)11-15-3-2-4-16(10-15)13-25-21-12-18(22)6-7-19(21)23/h2-10,12,14H,1,11,13H2. The van der Waals surface area contributed by atoms with Crippen molar-refractivity contribution in [3.05, 3.63) is 94.4 Å². The van der Waals surface area contributed by atoms with Crippen LogP contribution in [0.3, 0.4) is 0 Å². The van der Waals surface area contributed by atoms with Crippen LogP contribution in [-0.4, -0.2) is 5.78 Å². The lowest BCUT2D eigenvalue weighted by molar-refractivity contribution is -0.111. The van der Waals surface area contributed by atoms with E-state index in [1.165, 1.54) is 0 Å². The quantitative estimate of drug-likeness (QED) is 0.680. The summed E-state index contributed by atoms with van der Waals surface area (Å²) in [6.45, 7) is 4.33.